The molecule has 0 spiro atoms. The summed E-state index contributed by atoms with van der Waals surface area (Å²) < 4.78 is 61.2. The molecule has 1 atom stereocenters. The van der Waals surface area contributed by atoms with Crippen molar-refractivity contribution in [1.29, 1.82) is 0 Å². The summed E-state index contributed by atoms with van der Waals surface area (Å²) in [6.45, 7) is 1.48. The SMILES string of the molecule is COC(=O)/C(=C/c1cc(F)cc(F)c1)NCC(=O)c1ccccc1.COC(=O)[C@@H](C)Cc1cc(F)cc(F)c1. The Kier molecular flexibility index (Phi) is 11.9. The Bertz CT molecular complexity index is 1290. The van der Waals surface area contributed by atoms with Crippen LogP contribution in [0.1, 0.15) is 28.4 Å². The summed E-state index contributed by atoms with van der Waals surface area (Å²) in [5, 5.41) is 2.65. The van der Waals surface area contributed by atoms with E-state index < -0.39 is 35.2 Å². The van der Waals surface area contributed by atoms with Crippen LogP contribution < -0.4 is 5.32 Å². The summed E-state index contributed by atoms with van der Waals surface area (Å²) in [6, 6.07) is 14.6. The first-order chi connectivity index (χ1) is 18.5. The highest BCUT2D eigenvalue weighted by Gasteiger charge is 2.15. The number of nitrogens with one attached hydrogen (secondary N) is 1. The van der Waals surface area contributed by atoms with Gasteiger partial charge in [-0.15, -0.1) is 0 Å². The molecule has 0 heterocycles. The van der Waals surface area contributed by atoms with Crippen LogP contribution in [0.15, 0.2) is 72.4 Å². The largest absolute Gasteiger partial charge is 0.469 e. The van der Waals surface area contributed by atoms with Crippen LogP contribution >= 0.6 is 0 Å². The highest BCUT2D eigenvalue weighted by Crippen LogP contribution is 2.14. The predicted octanol–water partition coefficient (Wildman–Crippen LogP) is 5.27. The van der Waals surface area contributed by atoms with Crippen LogP contribution in [-0.2, 0) is 25.5 Å². The number of benzene rings is 3. The van der Waals surface area contributed by atoms with E-state index in [2.05, 4.69) is 14.8 Å². The van der Waals surface area contributed by atoms with Gasteiger partial charge in [-0.05, 0) is 47.9 Å². The van der Waals surface area contributed by atoms with Crippen LogP contribution in [0.25, 0.3) is 6.08 Å². The Balaban J connectivity index is 0.000000306. The summed E-state index contributed by atoms with van der Waals surface area (Å²) in [6.07, 6.45) is 1.48. The quantitative estimate of drug-likeness (QED) is 0.171. The van der Waals surface area contributed by atoms with Crippen molar-refractivity contribution in [3.05, 3.63) is 112 Å². The lowest BCUT2D eigenvalue weighted by molar-refractivity contribution is -0.144. The minimum absolute atomic E-state index is 0.0771. The van der Waals surface area contributed by atoms with Crippen molar-refractivity contribution in [3.63, 3.8) is 0 Å². The van der Waals surface area contributed by atoms with Crippen molar-refractivity contribution < 1.29 is 41.4 Å². The standard InChI is InChI=1S/C18H15F2NO3.C11H12F2O2/c1-24-18(23)16(9-12-7-14(19)10-15(20)8-12)21-11-17(22)13-5-3-2-4-6-13;1-7(11(14)15-2)3-8-4-9(12)6-10(13)5-8/h2-10,21H,11H2,1H3;4-7H,3H2,1-2H3/b16-9-;/t;7-/m.0/s1. The van der Waals surface area contributed by atoms with Crippen LogP contribution in [0.3, 0.4) is 0 Å². The van der Waals surface area contributed by atoms with E-state index >= 15 is 0 Å². The molecule has 10 heteroatoms. The van der Waals surface area contributed by atoms with Gasteiger partial charge in [0.25, 0.3) is 0 Å². The molecule has 1 N–H and O–H groups in total. The van der Waals surface area contributed by atoms with Crippen LogP contribution in [0, 0.1) is 29.2 Å². The number of ketones is 1. The Morgan fingerprint density at radius 3 is 1.87 bits per heavy atom. The number of carbonyl (C=O) groups excluding carboxylic acids is 3. The van der Waals surface area contributed by atoms with E-state index in [1.54, 1.807) is 37.3 Å². The molecule has 3 aromatic rings. The molecular weight excluding hydrogens is 518 g/mol. The number of hydrogen-bond donors (Lipinski definition) is 1. The van der Waals surface area contributed by atoms with Gasteiger partial charge in [-0.25, -0.2) is 22.4 Å². The minimum atomic E-state index is -0.772. The van der Waals surface area contributed by atoms with Gasteiger partial charge < -0.3 is 14.8 Å². The van der Waals surface area contributed by atoms with E-state index in [-0.39, 0.29) is 36.0 Å². The van der Waals surface area contributed by atoms with Crippen LogP contribution in [0.5, 0.6) is 0 Å². The fourth-order valence-electron chi connectivity index (χ4n) is 3.39. The third-order valence-corrected chi connectivity index (χ3v) is 5.20. The summed E-state index contributed by atoms with van der Waals surface area (Å²) in [7, 11) is 2.45. The Morgan fingerprint density at radius 2 is 1.36 bits per heavy atom. The van der Waals surface area contributed by atoms with Gasteiger partial charge in [-0.1, -0.05) is 37.3 Å². The normalized spacial score (nSPS) is 11.5. The van der Waals surface area contributed by atoms with E-state index in [0.29, 0.717) is 11.1 Å². The first-order valence-corrected chi connectivity index (χ1v) is 11.6. The summed E-state index contributed by atoms with van der Waals surface area (Å²) in [4.78, 5) is 34.9. The maximum absolute atomic E-state index is 13.2. The number of Topliss-reactive ketones (excluding diaryl/α,β-unsaturated/α-hetero) is 1. The van der Waals surface area contributed by atoms with Gasteiger partial charge in [0.15, 0.2) is 5.78 Å². The predicted molar refractivity (Wildman–Crippen MR) is 136 cm³/mol. The van der Waals surface area contributed by atoms with Gasteiger partial charge in [-0.2, -0.15) is 0 Å². The van der Waals surface area contributed by atoms with Crippen LogP contribution in [0.2, 0.25) is 0 Å². The highest BCUT2D eigenvalue weighted by molar-refractivity contribution is 5.99. The van der Waals surface area contributed by atoms with Gasteiger partial charge >= 0.3 is 11.9 Å². The number of carbonyl (C=O) groups is 3. The van der Waals surface area contributed by atoms with Gasteiger partial charge in [0.05, 0.1) is 26.7 Å². The van der Waals surface area contributed by atoms with Gasteiger partial charge in [0.1, 0.15) is 29.0 Å². The average molecular weight is 546 g/mol. The number of hydrogen-bond acceptors (Lipinski definition) is 6. The Hall–Kier alpha value is -4.47. The van der Waals surface area contributed by atoms with Crippen molar-refractivity contribution >= 4 is 23.8 Å². The molecule has 0 unspecified atom stereocenters. The zero-order valence-corrected chi connectivity index (χ0v) is 21.5. The van der Waals surface area contributed by atoms with Gasteiger partial charge in [-0.3, -0.25) is 9.59 Å². The van der Waals surface area contributed by atoms with Crippen molar-refractivity contribution in [2.45, 2.75) is 13.3 Å². The second-order valence-electron chi connectivity index (χ2n) is 8.30. The number of ether oxygens (including phenoxy) is 2. The first kappa shape index (κ1) is 30.8. The molecule has 39 heavy (non-hydrogen) atoms. The van der Waals surface area contributed by atoms with E-state index in [1.165, 1.54) is 32.4 Å². The molecule has 3 aromatic carbocycles. The zero-order valence-electron chi connectivity index (χ0n) is 21.5. The molecule has 0 aliphatic carbocycles. The fraction of sp³-hybridized carbons (Fsp3) is 0.207. The first-order valence-electron chi connectivity index (χ1n) is 11.6. The van der Waals surface area contributed by atoms with Crippen molar-refractivity contribution in [2.75, 3.05) is 20.8 Å². The third-order valence-electron chi connectivity index (χ3n) is 5.20. The maximum atomic E-state index is 13.2. The molecule has 0 saturated carbocycles. The zero-order chi connectivity index (χ0) is 28.9. The second kappa shape index (κ2) is 15.1. The molecule has 0 radical (unpaired) electrons. The van der Waals surface area contributed by atoms with E-state index in [9.17, 15) is 31.9 Å². The number of rotatable bonds is 9. The molecule has 0 fully saturated rings. The lowest BCUT2D eigenvalue weighted by atomic mass is 10.0. The van der Waals surface area contributed by atoms with Crippen molar-refractivity contribution in [1.82, 2.24) is 5.32 Å². The fourth-order valence-corrected chi connectivity index (χ4v) is 3.39. The monoisotopic (exact) mass is 545 g/mol. The van der Waals surface area contributed by atoms with E-state index in [4.69, 9.17) is 0 Å². The topological polar surface area (TPSA) is 81.7 Å². The summed E-state index contributed by atoms with van der Waals surface area (Å²) in [5.74, 6) is -4.60. The average Bonchev–Trinajstić information content (AvgIpc) is 2.89. The summed E-state index contributed by atoms with van der Waals surface area (Å²) in [5.41, 5.74) is 0.982. The smallest absolute Gasteiger partial charge is 0.354 e. The molecule has 3 rings (SSSR count). The molecule has 0 amide bonds. The molecule has 0 saturated heterocycles. The molecule has 0 aliphatic rings. The second-order valence-corrected chi connectivity index (χ2v) is 8.30. The molecule has 206 valence electrons. The van der Waals surface area contributed by atoms with Crippen LogP contribution in [-0.4, -0.2) is 38.5 Å². The number of halogens is 4. The van der Waals surface area contributed by atoms with Crippen LogP contribution in [0.4, 0.5) is 17.6 Å². The van der Waals surface area contributed by atoms with Gasteiger partial charge in [0.2, 0.25) is 0 Å². The molecule has 0 bridgehead atoms. The lowest BCUT2D eigenvalue weighted by Gasteiger charge is -2.09. The number of methoxy groups -OCH3 is 2. The van der Waals surface area contributed by atoms with Crippen molar-refractivity contribution in [2.24, 2.45) is 5.92 Å². The van der Waals surface area contributed by atoms with Crippen molar-refractivity contribution in [3.8, 4) is 0 Å². The lowest BCUT2D eigenvalue weighted by Crippen LogP contribution is -2.27. The highest BCUT2D eigenvalue weighted by atomic mass is 19.1. The van der Waals surface area contributed by atoms with E-state index in [1.807, 2.05) is 0 Å². The molecule has 0 aromatic heterocycles. The summed E-state index contributed by atoms with van der Waals surface area (Å²) >= 11 is 0. The minimum Gasteiger partial charge on any atom is -0.469 e. The molecule has 6 nitrogen and oxygen atoms in total. The Labute approximate surface area is 223 Å². The Morgan fingerprint density at radius 1 is 0.821 bits per heavy atom. The van der Waals surface area contributed by atoms with E-state index in [0.717, 1.165) is 24.3 Å². The maximum Gasteiger partial charge on any atom is 0.354 e. The van der Waals surface area contributed by atoms with Gasteiger partial charge in [0, 0.05) is 17.7 Å². The molecule has 0 aliphatic heterocycles. The number of esters is 2. The third kappa shape index (κ3) is 10.4. The molecular formula is C29H27F4NO5.